The molecule has 5 rings (SSSR count). The first-order valence-electron chi connectivity index (χ1n) is 8.54. The number of fused-ring (bicyclic) bond motifs is 3. The van der Waals surface area contributed by atoms with E-state index in [1.54, 1.807) is 17.0 Å². The van der Waals surface area contributed by atoms with Crippen molar-refractivity contribution in [2.75, 3.05) is 0 Å². The molecule has 0 bridgehead atoms. The number of hydrogen-bond donors (Lipinski definition) is 0. The lowest BCUT2D eigenvalue weighted by Crippen LogP contribution is -2.23. The molecule has 5 aromatic rings. The van der Waals surface area contributed by atoms with Crippen molar-refractivity contribution in [2.24, 2.45) is 0 Å². The third kappa shape index (κ3) is 2.71. The normalized spacial score (nSPS) is 11.3. The van der Waals surface area contributed by atoms with E-state index in [0.29, 0.717) is 28.1 Å². The van der Waals surface area contributed by atoms with Crippen molar-refractivity contribution in [3.63, 3.8) is 0 Å². The van der Waals surface area contributed by atoms with Gasteiger partial charge in [-0.2, -0.15) is 0 Å². The highest BCUT2D eigenvalue weighted by molar-refractivity contribution is 7.25. The molecule has 5 nitrogen and oxygen atoms in total. The predicted octanol–water partition coefficient (Wildman–Crippen LogP) is 4.12. The molecule has 0 unspecified atom stereocenters. The second-order valence-electron chi connectivity index (χ2n) is 6.17. The molecule has 0 fully saturated rings. The van der Waals surface area contributed by atoms with Crippen LogP contribution in [-0.4, -0.2) is 19.5 Å². The molecule has 0 N–H and O–H groups in total. The molecule has 0 aliphatic heterocycles. The van der Waals surface area contributed by atoms with Gasteiger partial charge >= 0.3 is 0 Å². The van der Waals surface area contributed by atoms with Gasteiger partial charge in [0.2, 0.25) is 0 Å². The fraction of sp³-hybridized carbons (Fsp3) is 0.0476. The van der Waals surface area contributed by atoms with E-state index in [-0.39, 0.29) is 5.56 Å². The summed E-state index contributed by atoms with van der Waals surface area (Å²) in [6.07, 6.45) is 3.27. The second kappa shape index (κ2) is 6.41. The lowest BCUT2D eigenvalue weighted by Gasteiger charge is -2.12. The number of rotatable bonds is 3. The maximum absolute atomic E-state index is 13.4. The lowest BCUT2D eigenvalue weighted by atomic mass is 10.2. The van der Waals surface area contributed by atoms with E-state index in [9.17, 15) is 4.79 Å². The van der Waals surface area contributed by atoms with Crippen LogP contribution in [0.15, 0.2) is 77.9 Å². The molecule has 0 atom stereocenters. The third-order valence-corrected chi connectivity index (χ3v) is 5.50. The Labute approximate surface area is 158 Å². The maximum atomic E-state index is 13.4. The van der Waals surface area contributed by atoms with Crippen molar-refractivity contribution in [3.8, 4) is 11.4 Å². The van der Waals surface area contributed by atoms with E-state index in [2.05, 4.69) is 9.97 Å². The molecule has 3 heterocycles. The molecule has 0 spiro atoms. The highest BCUT2D eigenvalue weighted by Crippen LogP contribution is 2.29. The van der Waals surface area contributed by atoms with Gasteiger partial charge in [-0.25, -0.2) is 15.0 Å². The summed E-state index contributed by atoms with van der Waals surface area (Å²) in [6, 6.07) is 19.7. The quantitative estimate of drug-likeness (QED) is 0.479. The molecule has 0 radical (unpaired) electrons. The molecule has 130 valence electrons. The van der Waals surface area contributed by atoms with Crippen molar-refractivity contribution in [1.29, 1.82) is 0 Å². The molecule has 0 aliphatic carbocycles. The Kier molecular flexibility index (Phi) is 3.76. The Morgan fingerprint density at radius 3 is 2.33 bits per heavy atom. The fourth-order valence-electron chi connectivity index (χ4n) is 3.17. The average Bonchev–Trinajstić information content (AvgIpc) is 3.10. The Morgan fingerprint density at radius 1 is 0.852 bits per heavy atom. The minimum atomic E-state index is -0.0625. The summed E-state index contributed by atoms with van der Waals surface area (Å²) in [4.78, 5) is 27.7. The smallest absolute Gasteiger partial charge is 0.272 e. The van der Waals surface area contributed by atoms with Crippen LogP contribution in [0.5, 0.6) is 0 Å². The van der Waals surface area contributed by atoms with Gasteiger partial charge in [-0.1, -0.05) is 60.7 Å². The number of thiophene rings is 1. The van der Waals surface area contributed by atoms with Gasteiger partial charge in [0.25, 0.3) is 5.56 Å². The van der Waals surface area contributed by atoms with Crippen molar-refractivity contribution in [1.82, 2.24) is 19.5 Å². The van der Waals surface area contributed by atoms with Gasteiger partial charge in [-0.15, -0.1) is 11.3 Å². The predicted molar refractivity (Wildman–Crippen MR) is 108 cm³/mol. The Balaban J connectivity index is 1.84. The molecule has 0 saturated heterocycles. The van der Waals surface area contributed by atoms with E-state index in [1.165, 1.54) is 11.3 Å². The van der Waals surface area contributed by atoms with Crippen LogP contribution in [0.3, 0.4) is 0 Å². The van der Waals surface area contributed by atoms with Crippen LogP contribution in [0.2, 0.25) is 0 Å². The topological polar surface area (TPSA) is 60.7 Å². The van der Waals surface area contributed by atoms with E-state index in [4.69, 9.17) is 4.98 Å². The van der Waals surface area contributed by atoms with E-state index < -0.39 is 0 Å². The number of aromatic nitrogens is 4. The SMILES string of the molecule is O=c1c2sc3nccnc3c2nc(-c2ccccc2)n1Cc1ccccc1. The van der Waals surface area contributed by atoms with Crippen molar-refractivity contribution in [2.45, 2.75) is 6.54 Å². The van der Waals surface area contributed by atoms with Crippen molar-refractivity contribution >= 4 is 31.9 Å². The van der Waals surface area contributed by atoms with Gasteiger partial charge in [0, 0.05) is 18.0 Å². The molecule has 27 heavy (non-hydrogen) atoms. The van der Waals surface area contributed by atoms with Crippen LogP contribution in [0.25, 0.3) is 32.0 Å². The highest BCUT2D eigenvalue weighted by Gasteiger charge is 2.18. The zero-order valence-electron chi connectivity index (χ0n) is 14.2. The van der Waals surface area contributed by atoms with Gasteiger partial charge in [0.1, 0.15) is 26.4 Å². The molecule has 0 aliphatic rings. The van der Waals surface area contributed by atoms with Gasteiger partial charge in [0.15, 0.2) is 0 Å². The van der Waals surface area contributed by atoms with Crippen LogP contribution < -0.4 is 5.56 Å². The zero-order chi connectivity index (χ0) is 18.2. The maximum Gasteiger partial charge on any atom is 0.272 e. The summed E-state index contributed by atoms with van der Waals surface area (Å²) < 4.78 is 2.33. The van der Waals surface area contributed by atoms with Crippen LogP contribution in [-0.2, 0) is 6.54 Å². The van der Waals surface area contributed by atoms with E-state index in [1.807, 2.05) is 60.7 Å². The molecular formula is C21H14N4OS. The van der Waals surface area contributed by atoms with Gasteiger partial charge in [0.05, 0.1) is 6.54 Å². The Bertz CT molecular complexity index is 1310. The average molecular weight is 370 g/mol. The van der Waals surface area contributed by atoms with E-state index in [0.717, 1.165) is 16.0 Å². The van der Waals surface area contributed by atoms with Gasteiger partial charge in [-0.3, -0.25) is 9.36 Å². The monoisotopic (exact) mass is 370 g/mol. The Hall–Kier alpha value is -3.38. The minimum Gasteiger partial charge on any atom is -0.287 e. The molecule has 3 aromatic heterocycles. The van der Waals surface area contributed by atoms with Crippen LogP contribution in [0.1, 0.15) is 5.56 Å². The van der Waals surface area contributed by atoms with Crippen LogP contribution >= 0.6 is 11.3 Å². The largest absolute Gasteiger partial charge is 0.287 e. The first-order valence-corrected chi connectivity index (χ1v) is 9.36. The summed E-state index contributed by atoms with van der Waals surface area (Å²) in [6.45, 7) is 0.460. The summed E-state index contributed by atoms with van der Waals surface area (Å²) in [7, 11) is 0. The van der Waals surface area contributed by atoms with Crippen LogP contribution in [0.4, 0.5) is 0 Å². The fourth-order valence-corrected chi connectivity index (χ4v) is 4.16. The van der Waals surface area contributed by atoms with E-state index >= 15 is 0 Å². The Morgan fingerprint density at radius 2 is 1.56 bits per heavy atom. The van der Waals surface area contributed by atoms with Gasteiger partial charge < -0.3 is 0 Å². The molecule has 0 saturated carbocycles. The lowest BCUT2D eigenvalue weighted by molar-refractivity contribution is 0.761. The highest BCUT2D eigenvalue weighted by atomic mass is 32.1. The zero-order valence-corrected chi connectivity index (χ0v) is 15.1. The molecule has 2 aromatic carbocycles. The number of benzene rings is 2. The summed E-state index contributed by atoms with van der Waals surface area (Å²) in [5, 5.41) is 0. The molecule has 0 amide bonds. The van der Waals surface area contributed by atoms with Gasteiger partial charge in [-0.05, 0) is 5.56 Å². The number of nitrogens with zero attached hydrogens (tertiary/aromatic N) is 4. The first-order chi connectivity index (χ1) is 13.3. The molecule has 6 heteroatoms. The minimum absolute atomic E-state index is 0.0625. The summed E-state index contributed by atoms with van der Waals surface area (Å²) in [5.41, 5.74) is 3.19. The second-order valence-corrected chi connectivity index (χ2v) is 7.17. The first kappa shape index (κ1) is 15.8. The molecular weight excluding hydrogens is 356 g/mol. The van der Waals surface area contributed by atoms with Crippen molar-refractivity contribution in [3.05, 3.63) is 89.0 Å². The third-order valence-electron chi connectivity index (χ3n) is 4.43. The number of hydrogen-bond acceptors (Lipinski definition) is 5. The van der Waals surface area contributed by atoms with Crippen molar-refractivity contribution < 1.29 is 0 Å². The summed E-state index contributed by atoms with van der Waals surface area (Å²) in [5.74, 6) is 0.641. The summed E-state index contributed by atoms with van der Waals surface area (Å²) >= 11 is 1.35. The van der Waals surface area contributed by atoms with Crippen LogP contribution in [0, 0.1) is 0 Å². The standard InChI is InChI=1S/C21H14N4OS/c26-21-18-16(17-20(27-18)23-12-11-22-17)24-19(15-9-5-2-6-10-15)25(21)13-14-7-3-1-4-8-14/h1-12H,13H2.